The van der Waals surface area contributed by atoms with Gasteiger partial charge in [-0.05, 0) is 22.4 Å². The maximum Gasteiger partial charge on any atom is 0.340 e. The van der Waals surface area contributed by atoms with Crippen molar-refractivity contribution >= 4 is 23.9 Å². The maximum atomic E-state index is 11.6. The maximum absolute atomic E-state index is 11.6. The number of aromatic nitrogens is 2. The second kappa shape index (κ2) is 7.67. The van der Waals surface area contributed by atoms with E-state index in [9.17, 15) is 4.79 Å². The summed E-state index contributed by atoms with van der Waals surface area (Å²) in [5.74, 6) is 1.33. The molecule has 0 unspecified atom stereocenters. The van der Waals surface area contributed by atoms with Crippen molar-refractivity contribution in [3.05, 3.63) is 17.7 Å². The zero-order chi connectivity index (χ0) is 17.5. The average Bonchev–Trinajstić information content (AvgIpc) is 2.98. The van der Waals surface area contributed by atoms with Gasteiger partial charge in [0.15, 0.2) is 11.5 Å². The number of hydrazone groups is 1. The van der Waals surface area contributed by atoms with Crippen molar-refractivity contribution in [1.82, 2.24) is 15.7 Å². The van der Waals surface area contributed by atoms with Gasteiger partial charge in [0.05, 0.1) is 27.5 Å². The molecule has 2 rings (SSSR count). The molecule has 2 amide bonds. The van der Waals surface area contributed by atoms with E-state index in [1.54, 1.807) is 12.1 Å². The van der Waals surface area contributed by atoms with Gasteiger partial charge in [-0.3, -0.25) is 5.32 Å². The molecule has 1 aromatic carbocycles. The third kappa shape index (κ3) is 3.82. The van der Waals surface area contributed by atoms with Gasteiger partial charge in [-0.15, -0.1) is 0 Å². The highest BCUT2D eigenvalue weighted by atomic mass is 16.6. The van der Waals surface area contributed by atoms with E-state index in [2.05, 4.69) is 30.8 Å². The summed E-state index contributed by atoms with van der Waals surface area (Å²) in [7, 11) is 4.50. The number of methoxy groups -OCH3 is 3. The first-order chi connectivity index (χ1) is 11.6. The number of nitrogen functional groups attached to an aromatic ring is 1. The minimum atomic E-state index is -0.666. The Morgan fingerprint density at radius 2 is 1.88 bits per heavy atom. The summed E-state index contributed by atoms with van der Waals surface area (Å²) >= 11 is 0. The van der Waals surface area contributed by atoms with E-state index >= 15 is 0 Å². The molecule has 1 aromatic heterocycles. The topological polar surface area (TPSA) is 146 Å². The zero-order valence-electron chi connectivity index (χ0n) is 13.2. The van der Waals surface area contributed by atoms with Gasteiger partial charge in [0.25, 0.3) is 0 Å². The Labute approximate surface area is 136 Å². The first kappa shape index (κ1) is 16.9. The van der Waals surface area contributed by atoms with Crippen LogP contribution < -0.4 is 30.7 Å². The van der Waals surface area contributed by atoms with E-state index in [1.807, 2.05) is 0 Å². The third-order valence-electron chi connectivity index (χ3n) is 2.81. The molecule has 0 saturated heterocycles. The smallest absolute Gasteiger partial charge is 0.340 e. The summed E-state index contributed by atoms with van der Waals surface area (Å²) in [6.07, 6.45) is 1.40. The first-order valence-electron chi connectivity index (χ1n) is 6.57. The fourth-order valence-corrected chi connectivity index (χ4v) is 1.76. The highest BCUT2D eigenvalue weighted by molar-refractivity contribution is 5.91. The van der Waals surface area contributed by atoms with E-state index in [4.69, 9.17) is 19.9 Å². The van der Waals surface area contributed by atoms with Crippen molar-refractivity contribution in [3.8, 4) is 17.2 Å². The highest BCUT2D eigenvalue weighted by Gasteiger charge is 2.12. The van der Waals surface area contributed by atoms with Crippen molar-refractivity contribution in [1.29, 1.82) is 0 Å². The molecule has 0 bridgehead atoms. The van der Waals surface area contributed by atoms with Crippen LogP contribution in [-0.2, 0) is 0 Å². The molecule has 0 aliphatic carbocycles. The zero-order valence-corrected chi connectivity index (χ0v) is 13.2. The number of nitrogens with two attached hydrogens (primary N) is 1. The van der Waals surface area contributed by atoms with E-state index in [0.717, 1.165) is 0 Å². The van der Waals surface area contributed by atoms with Gasteiger partial charge in [0.2, 0.25) is 17.4 Å². The number of anilines is 2. The van der Waals surface area contributed by atoms with Crippen LogP contribution in [-0.4, -0.2) is 43.9 Å². The van der Waals surface area contributed by atoms with Gasteiger partial charge in [0, 0.05) is 5.56 Å². The van der Waals surface area contributed by atoms with Crippen LogP contribution in [0.4, 0.5) is 16.4 Å². The Morgan fingerprint density at radius 3 is 2.38 bits per heavy atom. The molecule has 0 radical (unpaired) electrons. The fraction of sp³-hybridized carbons (Fsp3) is 0.231. The second-order valence-corrected chi connectivity index (χ2v) is 4.28. The highest BCUT2D eigenvalue weighted by Crippen LogP contribution is 2.37. The summed E-state index contributed by atoms with van der Waals surface area (Å²) in [6.45, 7) is 0. The van der Waals surface area contributed by atoms with Crippen LogP contribution in [0.3, 0.4) is 0 Å². The Morgan fingerprint density at radius 1 is 1.21 bits per heavy atom. The van der Waals surface area contributed by atoms with Crippen LogP contribution in [0, 0.1) is 0 Å². The quantitative estimate of drug-likeness (QED) is 0.519. The standard InChI is InChI=1S/C13H16N6O5/c1-21-8-4-7(5-9(22-2)10(8)23-3)6-15-17-13(20)16-12-11(14)18-24-19-12/h4-6H,1-3H3,(H2,14,18)(H2,16,17,19,20)/b15-6+. The number of ether oxygens (including phenoxy) is 3. The van der Waals surface area contributed by atoms with E-state index in [-0.39, 0.29) is 11.6 Å². The van der Waals surface area contributed by atoms with Gasteiger partial charge in [0.1, 0.15) is 0 Å². The van der Waals surface area contributed by atoms with Crippen LogP contribution in [0.2, 0.25) is 0 Å². The predicted octanol–water partition coefficient (Wildman–Crippen LogP) is 0.833. The number of nitrogens with one attached hydrogen (secondary N) is 2. The third-order valence-corrected chi connectivity index (χ3v) is 2.81. The van der Waals surface area contributed by atoms with Crippen molar-refractivity contribution in [3.63, 3.8) is 0 Å². The molecule has 0 aliphatic heterocycles. The molecule has 128 valence electrons. The first-order valence-corrected chi connectivity index (χ1v) is 6.57. The molecular formula is C13H16N6O5. The number of urea groups is 1. The van der Waals surface area contributed by atoms with Crippen molar-refractivity contribution in [2.45, 2.75) is 0 Å². The SMILES string of the molecule is COc1cc(/C=N/NC(=O)Nc2nonc2N)cc(OC)c1OC. The number of benzene rings is 1. The normalized spacial score (nSPS) is 10.5. The van der Waals surface area contributed by atoms with E-state index in [0.29, 0.717) is 22.8 Å². The van der Waals surface area contributed by atoms with Gasteiger partial charge in [-0.2, -0.15) is 5.10 Å². The van der Waals surface area contributed by atoms with Crippen LogP contribution in [0.25, 0.3) is 0 Å². The van der Waals surface area contributed by atoms with Crippen LogP contribution in [0.15, 0.2) is 21.9 Å². The Kier molecular flexibility index (Phi) is 5.39. The van der Waals surface area contributed by atoms with Gasteiger partial charge < -0.3 is 19.9 Å². The molecule has 0 fully saturated rings. The summed E-state index contributed by atoms with van der Waals surface area (Å²) in [4.78, 5) is 11.6. The number of carbonyl (C=O) groups excluding carboxylic acids is 1. The van der Waals surface area contributed by atoms with Crippen molar-refractivity contribution in [2.75, 3.05) is 32.4 Å². The van der Waals surface area contributed by atoms with Crippen molar-refractivity contribution < 1.29 is 23.6 Å². The molecule has 0 spiro atoms. The minimum absolute atomic E-state index is 0.00418. The molecule has 0 atom stereocenters. The number of carbonyl (C=O) groups is 1. The number of amides is 2. The van der Waals surface area contributed by atoms with Crippen LogP contribution >= 0.6 is 0 Å². The second-order valence-electron chi connectivity index (χ2n) is 4.28. The molecule has 0 aliphatic rings. The minimum Gasteiger partial charge on any atom is -0.493 e. The number of nitrogens with zero attached hydrogens (tertiary/aromatic N) is 3. The average molecular weight is 336 g/mol. The van der Waals surface area contributed by atoms with Crippen LogP contribution in [0.1, 0.15) is 5.56 Å². The number of hydrogen-bond acceptors (Lipinski definition) is 9. The molecule has 24 heavy (non-hydrogen) atoms. The lowest BCUT2D eigenvalue weighted by molar-refractivity contribution is 0.252. The Bertz CT molecular complexity index is 719. The summed E-state index contributed by atoms with van der Waals surface area (Å²) in [6, 6.07) is 2.68. The fourth-order valence-electron chi connectivity index (χ4n) is 1.76. The van der Waals surface area contributed by atoms with E-state index in [1.165, 1.54) is 27.5 Å². The molecule has 11 nitrogen and oxygen atoms in total. The molecule has 1 heterocycles. The molecular weight excluding hydrogens is 320 g/mol. The lowest BCUT2D eigenvalue weighted by Gasteiger charge is -2.12. The monoisotopic (exact) mass is 336 g/mol. The summed E-state index contributed by atoms with van der Waals surface area (Å²) < 4.78 is 20.0. The predicted molar refractivity (Wildman–Crippen MR) is 84.6 cm³/mol. The summed E-state index contributed by atoms with van der Waals surface area (Å²) in [5, 5.41) is 12.8. The van der Waals surface area contributed by atoms with Gasteiger partial charge in [-0.1, -0.05) is 0 Å². The largest absolute Gasteiger partial charge is 0.493 e. The van der Waals surface area contributed by atoms with Gasteiger partial charge in [-0.25, -0.2) is 14.8 Å². The Hall–Kier alpha value is -3.50. The van der Waals surface area contributed by atoms with E-state index < -0.39 is 6.03 Å². The van der Waals surface area contributed by atoms with Crippen molar-refractivity contribution in [2.24, 2.45) is 5.10 Å². The molecule has 0 saturated carbocycles. The summed E-state index contributed by atoms with van der Waals surface area (Å²) in [5.41, 5.74) is 8.27. The molecule has 4 N–H and O–H groups in total. The Balaban J connectivity index is 2.06. The van der Waals surface area contributed by atoms with Gasteiger partial charge >= 0.3 is 6.03 Å². The number of rotatable bonds is 6. The van der Waals surface area contributed by atoms with Crippen LogP contribution in [0.5, 0.6) is 17.2 Å². The lowest BCUT2D eigenvalue weighted by Crippen LogP contribution is -2.24. The molecule has 2 aromatic rings. The molecule has 11 heteroatoms. The number of hydrogen-bond donors (Lipinski definition) is 3. The lowest BCUT2D eigenvalue weighted by atomic mass is 10.2.